The average molecular weight is 365 g/mol. The minimum Gasteiger partial charge on any atom is -0.316 e. The molecule has 0 aliphatic carbocycles. The zero-order valence-corrected chi connectivity index (χ0v) is 15.4. The molecule has 0 radical (unpaired) electrons. The van der Waals surface area contributed by atoms with E-state index in [2.05, 4.69) is 15.4 Å². The van der Waals surface area contributed by atoms with Crippen LogP contribution < -0.4 is 5.62 Å². The zero-order chi connectivity index (χ0) is 18.5. The maximum absolute atomic E-state index is 10.9. The van der Waals surface area contributed by atoms with Gasteiger partial charge in [0.2, 0.25) is 5.62 Å². The first kappa shape index (κ1) is 19.1. The lowest BCUT2D eigenvalue weighted by atomic mass is 10.1. The van der Waals surface area contributed by atoms with Crippen LogP contribution in [-0.4, -0.2) is 27.9 Å². The summed E-state index contributed by atoms with van der Waals surface area (Å²) < 4.78 is 34.4. The minimum absolute atomic E-state index is 0.227. The smallest absolute Gasteiger partial charge is 0.264 e. The van der Waals surface area contributed by atoms with Crippen LogP contribution in [0.15, 0.2) is 58.2 Å². The van der Waals surface area contributed by atoms with Gasteiger partial charge in [-0.2, -0.15) is 8.42 Å². The van der Waals surface area contributed by atoms with Gasteiger partial charge in [0.1, 0.15) is 0 Å². The van der Waals surface area contributed by atoms with E-state index < -0.39 is 10.1 Å². The molecule has 0 atom stereocenters. The van der Waals surface area contributed by atoms with E-state index in [9.17, 15) is 8.42 Å². The van der Waals surface area contributed by atoms with Crippen molar-refractivity contribution in [2.45, 2.75) is 39.3 Å². The molecule has 0 spiro atoms. The third-order valence-electron chi connectivity index (χ3n) is 3.44. The van der Waals surface area contributed by atoms with Crippen LogP contribution in [0, 0.1) is 0 Å². The third-order valence-corrected chi connectivity index (χ3v) is 4.25. The standard InChI is InChI=1S/C16H23N5O3S/c1-16(2,3)21-12-11-20(10-7-13-25(22,23)24)15(21)18-19-17-14-8-5-4-6-9-14/h4-6,8-9,11-12H,7,10,13H2,1-3H3,(H,22,23,24)/b18-15-,19-17?. The van der Waals surface area contributed by atoms with Crippen molar-refractivity contribution >= 4 is 15.8 Å². The molecule has 1 N–H and O–H groups in total. The molecule has 9 heteroatoms. The molecule has 1 heterocycles. The van der Waals surface area contributed by atoms with Crippen LogP contribution >= 0.6 is 0 Å². The van der Waals surface area contributed by atoms with Crippen LogP contribution in [0.5, 0.6) is 0 Å². The van der Waals surface area contributed by atoms with E-state index in [4.69, 9.17) is 4.55 Å². The van der Waals surface area contributed by atoms with E-state index in [0.29, 0.717) is 17.9 Å². The van der Waals surface area contributed by atoms with Crippen LogP contribution in [0.1, 0.15) is 27.2 Å². The molecular weight excluding hydrogens is 342 g/mol. The Morgan fingerprint density at radius 3 is 2.40 bits per heavy atom. The summed E-state index contributed by atoms with van der Waals surface area (Å²) in [6.07, 6.45) is 3.95. The maximum Gasteiger partial charge on any atom is 0.264 e. The van der Waals surface area contributed by atoms with Crippen molar-refractivity contribution in [3.8, 4) is 0 Å². The second-order valence-corrected chi connectivity index (χ2v) is 8.17. The van der Waals surface area contributed by atoms with Crippen LogP contribution in [0.2, 0.25) is 0 Å². The minimum atomic E-state index is -3.97. The van der Waals surface area contributed by atoms with Crippen LogP contribution in [0.4, 0.5) is 5.69 Å². The summed E-state index contributed by atoms with van der Waals surface area (Å²) in [6.45, 7) is 6.48. The van der Waals surface area contributed by atoms with Gasteiger partial charge in [0.25, 0.3) is 10.1 Å². The van der Waals surface area contributed by atoms with Crippen molar-refractivity contribution < 1.29 is 13.0 Å². The molecule has 0 aliphatic rings. The van der Waals surface area contributed by atoms with Crippen molar-refractivity contribution in [3.05, 3.63) is 48.3 Å². The molecule has 1 aromatic carbocycles. The van der Waals surface area contributed by atoms with Gasteiger partial charge in [0, 0.05) is 24.5 Å². The molecule has 0 unspecified atom stereocenters. The van der Waals surface area contributed by atoms with Gasteiger partial charge in [-0.25, -0.2) is 0 Å². The van der Waals surface area contributed by atoms with Gasteiger partial charge < -0.3 is 9.13 Å². The van der Waals surface area contributed by atoms with E-state index in [0.717, 1.165) is 0 Å². The fourth-order valence-electron chi connectivity index (χ4n) is 2.25. The highest BCUT2D eigenvalue weighted by Gasteiger charge is 2.16. The lowest BCUT2D eigenvalue weighted by Gasteiger charge is -2.20. The van der Waals surface area contributed by atoms with Gasteiger partial charge >= 0.3 is 0 Å². The maximum atomic E-state index is 10.9. The highest BCUT2D eigenvalue weighted by molar-refractivity contribution is 7.85. The molecule has 0 aliphatic heterocycles. The summed E-state index contributed by atoms with van der Waals surface area (Å²) in [6, 6.07) is 9.26. The number of rotatable bonds is 6. The summed E-state index contributed by atoms with van der Waals surface area (Å²) in [5.41, 5.74) is 1.02. The van der Waals surface area contributed by atoms with E-state index >= 15 is 0 Å². The number of benzene rings is 1. The fourth-order valence-corrected chi connectivity index (χ4v) is 2.74. The monoisotopic (exact) mass is 365 g/mol. The Kier molecular flexibility index (Phi) is 5.91. The van der Waals surface area contributed by atoms with Crippen LogP contribution in [0.25, 0.3) is 0 Å². The molecular formula is C16H23N5O3S. The highest BCUT2D eigenvalue weighted by Crippen LogP contribution is 2.12. The normalized spacial score (nSPS) is 13.7. The topological polar surface area (TPSA) is 101 Å². The lowest BCUT2D eigenvalue weighted by Crippen LogP contribution is -2.35. The Labute approximate surface area is 147 Å². The average Bonchev–Trinajstić information content (AvgIpc) is 2.90. The number of nitrogens with zero attached hydrogens (tertiary/aromatic N) is 5. The van der Waals surface area contributed by atoms with Gasteiger partial charge in [0.05, 0.1) is 11.4 Å². The highest BCUT2D eigenvalue weighted by atomic mass is 32.2. The van der Waals surface area contributed by atoms with Crippen molar-refractivity contribution in [2.24, 2.45) is 15.4 Å². The first-order chi connectivity index (χ1) is 11.7. The van der Waals surface area contributed by atoms with E-state index in [-0.39, 0.29) is 17.7 Å². The predicted octanol–water partition coefficient (Wildman–Crippen LogP) is 2.92. The second-order valence-electron chi connectivity index (χ2n) is 6.60. The molecule has 0 saturated carbocycles. The Balaban J connectivity index is 2.30. The van der Waals surface area contributed by atoms with Crippen molar-refractivity contribution in [1.82, 2.24) is 9.13 Å². The number of hydrogen-bond donors (Lipinski definition) is 1. The molecule has 2 aromatic rings. The van der Waals surface area contributed by atoms with Crippen molar-refractivity contribution in [2.75, 3.05) is 5.75 Å². The first-order valence-corrected chi connectivity index (χ1v) is 9.51. The Bertz CT molecular complexity index is 890. The summed E-state index contributed by atoms with van der Waals surface area (Å²) in [5, 5.41) is 12.2. The summed E-state index contributed by atoms with van der Waals surface area (Å²) in [7, 11) is -3.97. The number of aryl methyl sites for hydroxylation is 1. The van der Waals surface area contributed by atoms with Crippen molar-refractivity contribution in [3.63, 3.8) is 0 Å². The Hall–Kier alpha value is -2.26. The molecule has 0 fully saturated rings. The third kappa shape index (κ3) is 5.95. The summed E-state index contributed by atoms with van der Waals surface area (Å²) >= 11 is 0. The Morgan fingerprint density at radius 2 is 1.80 bits per heavy atom. The molecule has 0 saturated heterocycles. The van der Waals surface area contributed by atoms with Crippen molar-refractivity contribution in [1.29, 1.82) is 0 Å². The zero-order valence-electron chi connectivity index (χ0n) is 14.6. The number of hydrogen-bond acceptors (Lipinski definition) is 4. The van der Waals surface area contributed by atoms with Gasteiger partial charge in [0.15, 0.2) is 0 Å². The van der Waals surface area contributed by atoms with Gasteiger partial charge in [-0.3, -0.25) is 4.55 Å². The fraction of sp³-hybridized carbons (Fsp3) is 0.438. The van der Waals surface area contributed by atoms with Gasteiger partial charge in [-0.15, -0.1) is 5.11 Å². The lowest BCUT2D eigenvalue weighted by molar-refractivity contribution is 0.371. The van der Waals surface area contributed by atoms with Gasteiger partial charge in [-0.1, -0.05) is 23.3 Å². The van der Waals surface area contributed by atoms with E-state index in [1.54, 1.807) is 4.57 Å². The quantitative estimate of drug-likeness (QED) is 0.484. The van der Waals surface area contributed by atoms with Crippen LogP contribution in [-0.2, 0) is 22.2 Å². The SMILES string of the molecule is CC(C)(C)n1ccn(CCCS(=O)(=O)O)/c1=N/N=Nc1ccccc1. The van der Waals surface area contributed by atoms with Gasteiger partial charge in [-0.05, 0) is 44.5 Å². The first-order valence-electron chi connectivity index (χ1n) is 7.90. The summed E-state index contributed by atoms with van der Waals surface area (Å²) in [4.78, 5) is 0. The predicted molar refractivity (Wildman–Crippen MR) is 95.0 cm³/mol. The molecule has 8 nitrogen and oxygen atoms in total. The van der Waals surface area contributed by atoms with Crippen LogP contribution in [0.3, 0.4) is 0 Å². The number of imidazole rings is 1. The van der Waals surface area contributed by atoms with E-state index in [1.165, 1.54) is 0 Å². The number of aromatic nitrogens is 2. The Morgan fingerprint density at radius 1 is 1.12 bits per heavy atom. The second kappa shape index (κ2) is 7.75. The summed E-state index contributed by atoms with van der Waals surface area (Å²) in [5.74, 6) is -0.300. The van der Waals surface area contributed by atoms with E-state index in [1.807, 2.05) is 68.1 Å². The molecule has 0 bridgehead atoms. The molecule has 1 aromatic heterocycles. The molecule has 2 rings (SSSR count). The molecule has 25 heavy (non-hydrogen) atoms. The molecule has 136 valence electrons. The molecule has 0 amide bonds. The largest absolute Gasteiger partial charge is 0.316 e.